The summed E-state index contributed by atoms with van der Waals surface area (Å²) in [6.07, 6.45) is 4.28. The third-order valence-corrected chi connectivity index (χ3v) is 3.14. The second-order valence-corrected chi connectivity index (χ2v) is 4.80. The third-order valence-electron chi connectivity index (χ3n) is 2.35. The van der Waals surface area contributed by atoms with E-state index in [1.54, 1.807) is 12.5 Å². The molecule has 88 valence electrons. The summed E-state index contributed by atoms with van der Waals surface area (Å²) in [4.78, 5) is 8.12. The number of nitrogens with zero attached hydrogens (tertiary/aromatic N) is 2. The van der Waals surface area contributed by atoms with Crippen molar-refractivity contribution in [3.63, 3.8) is 0 Å². The Hall–Kier alpha value is -1.37. The molecule has 0 fully saturated rings. The van der Waals surface area contributed by atoms with Crippen LogP contribution in [0.3, 0.4) is 0 Å². The van der Waals surface area contributed by atoms with Crippen molar-refractivity contribution in [2.24, 2.45) is 0 Å². The molecular weight excluding hydrogens is 327 g/mol. The van der Waals surface area contributed by atoms with Crippen LogP contribution in [0.1, 0.15) is 5.56 Å². The standard InChI is InChI=1S/C12H13IN4/c13-11-7-15-8-17-12(11)16-6-5-9-1-3-10(14)4-2-9/h1-4,7-8H,5-6,14H2,(H,15,16,17). The van der Waals surface area contributed by atoms with Gasteiger partial charge in [0.25, 0.3) is 0 Å². The summed E-state index contributed by atoms with van der Waals surface area (Å²) in [5, 5.41) is 3.29. The summed E-state index contributed by atoms with van der Waals surface area (Å²) < 4.78 is 1.03. The number of benzene rings is 1. The molecule has 0 spiro atoms. The number of rotatable bonds is 4. The van der Waals surface area contributed by atoms with Gasteiger partial charge in [-0.1, -0.05) is 12.1 Å². The Morgan fingerprint density at radius 1 is 1.24 bits per heavy atom. The lowest BCUT2D eigenvalue weighted by Crippen LogP contribution is -2.07. The quantitative estimate of drug-likeness (QED) is 0.662. The predicted octanol–water partition coefficient (Wildman–Crippen LogP) is 2.32. The Morgan fingerprint density at radius 3 is 2.71 bits per heavy atom. The molecule has 0 aliphatic rings. The van der Waals surface area contributed by atoms with Crippen LogP contribution in [-0.2, 0) is 6.42 Å². The van der Waals surface area contributed by atoms with Crippen molar-refractivity contribution in [1.82, 2.24) is 9.97 Å². The lowest BCUT2D eigenvalue weighted by Gasteiger charge is -2.06. The highest BCUT2D eigenvalue weighted by molar-refractivity contribution is 14.1. The minimum absolute atomic E-state index is 0.798. The van der Waals surface area contributed by atoms with Gasteiger partial charge in [0, 0.05) is 18.4 Å². The molecule has 2 aromatic rings. The Bertz CT molecular complexity index is 484. The van der Waals surface area contributed by atoms with E-state index in [1.807, 2.05) is 24.3 Å². The van der Waals surface area contributed by atoms with E-state index in [-0.39, 0.29) is 0 Å². The van der Waals surface area contributed by atoms with Crippen molar-refractivity contribution in [3.8, 4) is 0 Å². The fourth-order valence-corrected chi connectivity index (χ4v) is 1.94. The SMILES string of the molecule is Nc1ccc(CCNc2ncncc2I)cc1. The molecule has 2 rings (SSSR count). The van der Waals surface area contributed by atoms with Crippen LogP contribution in [-0.4, -0.2) is 16.5 Å². The summed E-state index contributed by atoms with van der Waals surface area (Å²) in [6, 6.07) is 7.93. The first-order valence-corrected chi connectivity index (χ1v) is 6.37. The van der Waals surface area contributed by atoms with E-state index in [4.69, 9.17) is 5.73 Å². The fourth-order valence-electron chi connectivity index (χ4n) is 1.45. The van der Waals surface area contributed by atoms with Crippen LogP contribution in [0, 0.1) is 3.57 Å². The number of nitrogens with one attached hydrogen (secondary N) is 1. The maximum absolute atomic E-state index is 5.63. The molecule has 0 amide bonds. The van der Waals surface area contributed by atoms with Gasteiger partial charge in [0.1, 0.15) is 12.1 Å². The normalized spacial score (nSPS) is 10.2. The van der Waals surface area contributed by atoms with Gasteiger partial charge in [-0.2, -0.15) is 0 Å². The first-order valence-electron chi connectivity index (χ1n) is 5.29. The number of nitrogen functional groups attached to an aromatic ring is 1. The molecule has 0 aliphatic heterocycles. The molecule has 1 heterocycles. The zero-order chi connectivity index (χ0) is 12.1. The van der Waals surface area contributed by atoms with E-state index in [0.717, 1.165) is 28.0 Å². The van der Waals surface area contributed by atoms with Crippen LogP contribution < -0.4 is 11.1 Å². The number of anilines is 2. The van der Waals surface area contributed by atoms with Gasteiger partial charge in [-0.05, 0) is 46.7 Å². The Kier molecular flexibility index (Phi) is 4.13. The van der Waals surface area contributed by atoms with Crippen LogP contribution in [0.15, 0.2) is 36.8 Å². The molecule has 0 atom stereocenters. The maximum atomic E-state index is 5.63. The minimum atomic E-state index is 0.798. The number of hydrogen-bond acceptors (Lipinski definition) is 4. The molecule has 4 nitrogen and oxygen atoms in total. The van der Waals surface area contributed by atoms with E-state index >= 15 is 0 Å². The van der Waals surface area contributed by atoms with Gasteiger partial charge in [-0.25, -0.2) is 9.97 Å². The summed E-state index contributed by atoms with van der Waals surface area (Å²) in [7, 11) is 0. The van der Waals surface area contributed by atoms with Crippen LogP contribution in [0.5, 0.6) is 0 Å². The van der Waals surface area contributed by atoms with Crippen LogP contribution in [0.4, 0.5) is 11.5 Å². The van der Waals surface area contributed by atoms with Gasteiger partial charge >= 0.3 is 0 Å². The molecule has 0 radical (unpaired) electrons. The van der Waals surface area contributed by atoms with E-state index in [2.05, 4.69) is 37.9 Å². The number of nitrogens with two attached hydrogens (primary N) is 1. The number of halogens is 1. The van der Waals surface area contributed by atoms with E-state index in [1.165, 1.54) is 5.56 Å². The molecule has 17 heavy (non-hydrogen) atoms. The fraction of sp³-hybridized carbons (Fsp3) is 0.167. The second kappa shape index (κ2) is 5.81. The molecular formula is C12H13IN4. The number of aromatic nitrogens is 2. The molecule has 0 saturated carbocycles. The predicted molar refractivity (Wildman–Crippen MR) is 77.8 cm³/mol. The molecule has 0 unspecified atom stereocenters. The summed E-state index contributed by atoms with van der Waals surface area (Å²) in [5.74, 6) is 0.885. The third kappa shape index (κ3) is 3.55. The van der Waals surface area contributed by atoms with Crippen LogP contribution >= 0.6 is 22.6 Å². The van der Waals surface area contributed by atoms with Crippen molar-refractivity contribution < 1.29 is 0 Å². The van der Waals surface area contributed by atoms with Gasteiger partial charge in [0.05, 0.1) is 3.57 Å². The van der Waals surface area contributed by atoms with Crippen molar-refractivity contribution >= 4 is 34.1 Å². The Morgan fingerprint density at radius 2 is 2.00 bits per heavy atom. The molecule has 0 saturated heterocycles. The summed E-state index contributed by atoms with van der Waals surface area (Å²) in [6.45, 7) is 0.844. The molecule has 5 heteroatoms. The molecule has 3 N–H and O–H groups in total. The first-order chi connectivity index (χ1) is 8.25. The first kappa shape index (κ1) is 12.1. The molecule has 0 bridgehead atoms. The largest absolute Gasteiger partial charge is 0.399 e. The Labute approximate surface area is 114 Å². The highest BCUT2D eigenvalue weighted by atomic mass is 127. The summed E-state index contributed by atoms with van der Waals surface area (Å²) >= 11 is 2.22. The van der Waals surface area contributed by atoms with Gasteiger partial charge in [0.15, 0.2) is 0 Å². The zero-order valence-electron chi connectivity index (χ0n) is 9.23. The zero-order valence-corrected chi connectivity index (χ0v) is 11.4. The average molecular weight is 340 g/mol. The Balaban J connectivity index is 1.88. The topological polar surface area (TPSA) is 63.8 Å². The van der Waals surface area contributed by atoms with Crippen molar-refractivity contribution in [1.29, 1.82) is 0 Å². The van der Waals surface area contributed by atoms with E-state index in [0.29, 0.717) is 0 Å². The summed E-state index contributed by atoms with van der Waals surface area (Å²) in [5.41, 5.74) is 7.69. The lowest BCUT2D eigenvalue weighted by atomic mass is 10.1. The van der Waals surface area contributed by atoms with E-state index in [9.17, 15) is 0 Å². The lowest BCUT2D eigenvalue weighted by molar-refractivity contribution is 0.995. The molecule has 1 aromatic heterocycles. The van der Waals surface area contributed by atoms with Crippen LogP contribution in [0.25, 0.3) is 0 Å². The average Bonchev–Trinajstić information content (AvgIpc) is 2.34. The molecule has 1 aromatic carbocycles. The molecule has 0 aliphatic carbocycles. The van der Waals surface area contributed by atoms with Crippen molar-refractivity contribution in [2.45, 2.75) is 6.42 Å². The highest BCUT2D eigenvalue weighted by Gasteiger charge is 1.99. The smallest absolute Gasteiger partial charge is 0.142 e. The van der Waals surface area contributed by atoms with Gasteiger partial charge in [-0.3, -0.25) is 0 Å². The van der Waals surface area contributed by atoms with Gasteiger partial charge in [0.2, 0.25) is 0 Å². The monoisotopic (exact) mass is 340 g/mol. The van der Waals surface area contributed by atoms with Crippen molar-refractivity contribution in [2.75, 3.05) is 17.6 Å². The van der Waals surface area contributed by atoms with E-state index < -0.39 is 0 Å². The maximum Gasteiger partial charge on any atom is 0.142 e. The van der Waals surface area contributed by atoms with Crippen molar-refractivity contribution in [3.05, 3.63) is 45.9 Å². The minimum Gasteiger partial charge on any atom is -0.399 e. The van der Waals surface area contributed by atoms with Gasteiger partial charge in [-0.15, -0.1) is 0 Å². The second-order valence-electron chi connectivity index (χ2n) is 3.64. The van der Waals surface area contributed by atoms with Crippen LogP contribution in [0.2, 0.25) is 0 Å². The highest BCUT2D eigenvalue weighted by Crippen LogP contribution is 2.12. The number of hydrogen-bond donors (Lipinski definition) is 2. The van der Waals surface area contributed by atoms with Gasteiger partial charge < -0.3 is 11.1 Å².